The van der Waals surface area contributed by atoms with Crippen molar-refractivity contribution in [1.29, 1.82) is 0 Å². The van der Waals surface area contributed by atoms with Crippen molar-refractivity contribution in [2.75, 3.05) is 6.54 Å². The molecule has 6 heteroatoms. The van der Waals surface area contributed by atoms with Gasteiger partial charge in [-0.05, 0) is 54.0 Å². The van der Waals surface area contributed by atoms with Gasteiger partial charge in [0.05, 0.1) is 6.42 Å². The number of carbonyl (C=O) groups is 2. The van der Waals surface area contributed by atoms with Crippen molar-refractivity contribution >= 4 is 23.3 Å². The molecule has 2 rings (SSSR count). The molecule has 2 amide bonds. The lowest BCUT2D eigenvalue weighted by Crippen LogP contribution is -2.48. The van der Waals surface area contributed by atoms with E-state index in [4.69, 9.17) is 5.11 Å². The Kier molecular flexibility index (Phi) is 5.22. The van der Waals surface area contributed by atoms with Gasteiger partial charge in [-0.1, -0.05) is 6.42 Å². The SMILES string of the molecule is CC(Cc1ccsc1)NC(=O)NCC1(CC(=O)O)CCC1. The Hall–Kier alpha value is -1.56. The van der Waals surface area contributed by atoms with E-state index < -0.39 is 5.97 Å². The van der Waals surface area contributed by atoms with E-state index in [0.717, 1.165) is 25.7 Å². The molecule has 1 saturated carbocycles. The van der Waals surface area contributed by atoms with Crippen molar-refractivity contribution in [2.24, 2.45) is 5.41 Å². The lowest BCUT2D eigenvalue weighted by Gasteiger charge is -2.40. The first-order valence-corrected chi connectivity index (χ1v) is 8.21. The molecule has 1 atom stereocenters. The predicted molar refractivity (Wildman–Crippen MR) is 82.6 cm³/mol. The van der Waals surface area contributed by atoms with Crippen LogP contribution in [0, 0.1) is 5.41 Å². The molecule has 5 nitrogen and oxygen atoms in total. The fraction of sp³-hybridized carbons (Fsp3) is 0.600. The molecule has 1 aliphatic rings. The molecule has 0 radical (unpaired) electrons. The molecule has 1 fully saturated rings. The van der Waals surface area contributed by atoms with Crippen molar-refractivity contribution in [1.82, 2.24) is 10.6 Å². The molecule has 1 aromatic rings. The third-order valence-electron chi connectivity index (χ3n) is 4.06. The van der Waals surface area contributed by atoms with Crippen LogP contribution in [0.2, 0.25) is 0 Å². The summed E-state index contributed by atoms with van der Waals surface area (Å²) in [5, 5.41) is 18.8. The Bertz CT molecular complexity index is 483. The van der Waals surface area contributed by atoms with Crippen LogP contribution in [0.25, 0.3) is 0 Å². The molecular formula is C15H22N2O3S. The Balaban J connectivity index is 1.72. The molecule has 116 valence electrons. The second-order valence-corrected chi connectivity index (χ2v) is 6.77. The number of carboxylic acid groups (broad SMARTS) is 1. The van der Waals surface area contributed by atoms with Crippen LogP contribution < -0.4 is 10.6 Å². The second-order valence-electron chi connectivity index (χ2n) is 5.99. The van der Waals surface area contributed by atoms with Crippen LogP contribution >= 0.6 is 11.3 Å². The zero-order valence-corrected chi connectivity index (χ0v) is 13.0. The maximum atomic E-state index is 11.9. The van der Waals surface area contributed by atoms with Crippen molar-refractivity contribution in [2.45, 2.75) is 45.1 Å². The highest BCUT2D eigenvalue weighted by Crippen LogP contribution is 2.43. The van der Waals surface area contributed by atoms with E-state index in [1.807, 2.05) is 12.3 Å². The van der Waals surface area contributed by atoms with Gasteiger partial charge in [-0.3, -0.25) is 4.79 Å². The molecule has 1 aromatic heterocycles. The van der Waals surface area contributed by atoms with Crippen LogP contribution in [0.5, 0.6) is 0 Å². The van der Waals surface area contributed by atoms with Gasteiger partial charge in [-0.15, -0.1) is 0 Å². The summed E-state index contributed by atoms with van der Waals surface area (Å²) in [6.45, 7) is 2.41. The average molecular weight is 310 g/mol. The molecular weight excluding hydrogens is 288 g/mol. The van der Waals surface area contributed by atoms with E-state index in [-0.39, 0.29) is 23.9 Å². The number of carboxylic acids is 1. The largest absolute Gasteiger partial charge is 0.481 e. The van der Waals surface area contributed by atoms with E-state index in [9.17, 15) is 9.59 Å². The molecule has 0 aromatic carbocycles. The van der Waals surface area contributed by atoms with Crippen LogP contribution in [0.3, 0.4) is 0 Å². The summed E-state index contributed by atoms with van der Waals surface area (Å²) in [6.07, 6.45) is 3.74. The van der Waals surface area contributed by atoms with Gasteiger partial charge in [0.2, 0.25) is 0 Å². The van der Waals surface area contributed by atoms with Crippen molar-refractivity contribution in [3.05, 3.63) is 22.4 Å². The highest BCUT2D eigenvalue weighted by atomic mass is 32.1. The third-order valence-corrected chi connectivity index (χ3v) is 4.80. The second kappa shape index (κ2) is 6.93. The highest BCUT2D eigenvalue weighted by Gasteiger charge is 2.39. The minimum atomic E-state index is -0.789. The summed E-state index contributed by atoms with van der Waals surface area (Å²) in [5.41, 5.74) is 0.980. The number of amides is 2. The number of nitrogens with one attached hydrogen (secondary N) is 2. The smallest absolute Gasteiger partial charge is 0.315 e. The minimum absolute atomic E-state index is 0.0522. The number of aliphatic carboxylic acids is 1. The molecule has 1 heterocycles. The highest BCUT2D eigenvalue weighted by molar-refractivity contribution is 7.07. The summed E-state index contributed by atoms with van der Waals surface area (Å²) in [5.74, 6) is -0.789. The van der Waals surface area contributed by atoms with Gasteiger partial charge in [0, 0.05) is 12.6 Å². The van der Waals surface area contributed by atoms with E-state index in [1.165, 1.54) is 5.56 Å². The molecule has 1 unspecified atom stereocenters. The summed E-state index contributed by atoms with van der Waals surface area (Å²) in [7, 11) is 0. The van der Waals surface area contributed by atoms with E-state index >= 15 is 0 Å². The zero-order chi connectivity index (χ0) is 15.3. The molecule has 0 saturated heterocycles. The van der Waals surface area contributed by atoms with Crippen molar-refractivity contribution in [3.63, 3.8) is 0 Å². The van der Waals surface area contributed by atoms with Crippen LogP contribution in [-0.2, 0) is 11.2 Å². The van der Waals surface area contributed by atoms with Gasteiger partial charge in [-0.2, -0.15) is 11.3 Å². The van der Waals surface area contributed by atoms with Gasteiger partial charge in [0.15, 0.2) is 0 Å². The molecule has 0 spiro atoms. The Morgan fingerprint density at radius 2 is 2.24 bits per heavy atom. The maximum absolute atomic E-state index is 11.9. The number of hydrogen-bond donors (Lipinski definition) is 3. The van der Waals surface area contributed by atoms with Gasteiger partial charge in [0.25, 0.3) is 0 Å². The van der Waals surface area contributed by atoms with E-state index in [2.05, 4.69) is 22.1 Å². The molecule has 1 aliphatic carbocycles. The Morgan fingerprint density at radius 1 is 1.48 bits per heavy atom. The number of rotatable bonds is 7. The van der Waals surface area contributed by atoms with E-state index in [1.54, 1.807) is 11.3 Å². The first-order chi connectivity index (χ1) is 9.99. The Labute approximate surface area is 128 Å². The quantitative estimate of drug-likeness (QED) is 0.724. The predicted octanol–water partition coefficient (Wildman–Crippen LogP) is 2.62. The summed E-state index contributed by atoms with van der Waals surface area (Å²) < 4.78 is 0. The van der Waals surface area contributed by atoms with Gasteiger partial charge < -0.3 is 15.7 Å². The van der Waals surface area contributed by atoms with Gasteiger partial charge >= 0.3 is 12.0 Å². The standard InChI is InChI=1S/C15H22N2O3S/c1-11(7-12-3-6-21-9-12)17-14(20)16-10-15(4-2-5-15)8-13(18)19/h3,6,9,11H,2,4-5,7-8,10H2,1H3,(H,18,19)(H2,16,17,20). The number of thiophene rings is 1. The topological polar surface area (TPSA) is 78.4 Å². The number of urea groups is 1. The fourth-order valence-corrected chi connectivity index (χ4v) is 3.45. The summed E-state index contributed by atoms with van der Waals surface area (Å²) in [6, 6.07) is 1.89. The van der Waals surface area contributed by atoms with Crippen LogP contribution in [0.1, 0.15) is 38.2 Å². The van der Waals surface area contributed by atoms with Gasteiger partial charge in [-0.25, -0.2) is 4.79 Å². The first-order valence-electron chi connectivity index (χ1n) is 7.26. The van der Waals surface area contributed by atoms with E-state index in [0.29, 0.717) is 6.54 Å². The number of carbonyl (C=O) groups excluding carboxylic acids is 1. The lowest BCUT2D eigenvalue weighted by atomic mass is 9.66. The number of hydrogen-bond acceptors (Lipinski definition) is 3. The molecule has 21 heavy (non-hydrogen) atoms. The van der Waals surface area contributed by atoms with Gasteiger partial charge in [0.1, 0.15) is 0 Å². The molecule has 0 aliphatic heterocycles. The fourth-order valence-electron chi connectivity index (χ4n) is 2.77. The first kappa shape index (κ1) is 15.8. The lowest BCUT2D eigenvalue weighted by molar-refractivity contribution is -0.141. The van der Waals surface area contributed by atoms with Crippen molar-refractivity contribution < 1.29 is 14.7 Å². The normalized spacial score (nSPS) is 17.6. The third kappa shape index (κ3) is 4.74. The minimum Gasteiger partial charge on any atom is -0.481 e. The van der Waals surface area contributed by atoms with Crippen LogP contribution in [0.15, 0.2) is 16.8 Å². The zero-order valence-electron chi connectivity index (χ0n) is 12.2. The summed E-state index contributed by atoms with van der Waals surface area (Å²) in [4.78, 5) is 22.8. The molecule has 3 N–H and O–H groups in total. The van der Waals surface area contributed by atoms with Crippen LogP contribution in [-0.4, -0.2) is 29.7 Å². The monoisotopic (exact) mass is 310 g/mol. The summed E-state index contributed by atoms with van der Waals surface area (Å²) >= 11 is 1.65. The van der Waals surface area contributed by atoms with Crippen LogP contribution in [0.4, 0.5) is 4.79 Å². The molecule has 0 bridgehead atoms. The maximum Gasteiger partial charge on any atom is 0.315 e. The Morgan fingerprint density at radius 3 is 2.76 bits per heavy atom. The van der Waals surface area contributed by atoms with Crippen molar-refractivity contribution in [3.8, 4) is 0 Å². The average Bonchev–Trinajstić information content (AvgIpc) is 2.84.